The molecule has 3 aromatic rings. The molecule has 0 saturated heterocycles. The lowest BCUT2D eigenvalue weighted by Crippen LogP contribution is -2.33. The van der Waals surface area contributed by atoms with Crippen molar-refractivity contribution in [2.24, 2.45) is 5.73 Å². The molecule has 2 aliphatic rings. The van der Waals surface area contributed by atoms with Crippen molar-refractivity contribution in [3.05, 3.63) is 30.0 Å². The topological polar surface area (TPSA) is 112 Å². The van der Waals surface area contributed by atoms with Crippen molar-refractivity contribution in [2.75, 3.05) is 24.9 Å². The minimum Gasteiger partial charge on any atom is -0.496 e. The molecule has 198 valence electrons. The number of fused-ring (bicyclic) bond motifs is 1. The SMILES string of the molecule is COc1cccc(OC)c1CNc1nc2cnc(NC3CCC(N)CC3)nc2n1C1CCCC1.Cl.Cl. The highest BCUT2D eigenvalue weighted by molar-refractivity contribution is 5.85. The van der Waals surface area contributed by atoms with Crippen LogP contribution in [-0.2, 0) is 6.54 Å². The zero-order valence-electron chi connectivity index (χ0n) is 20.9. The first-order valence-electron chi connectivity index (χ1n) is 12.4. The van der Waals surface area contributed by atoms with Crippen molar-refractivity contribution in [1.29, 1.82) is 0 Å². The molecule has 0 amide bonds. The van der Waals surface area contributed by atoms with E-state index >= 15 is 0 Å². The number of nitrogens with zero attached hydrogens (tertiary/aromatic N) is 4. The van der Waals surface area contributed by atoms with Crippen LogP contribution in [0.15, 0.2) is 24.4 Å². The number of aromatic nitrogens is 4. The predicted molar refractivity (Wildman–Crippen MR) is 148 cm³/mol. The molecule has 9 nitrogen and oxygen atoms in total. The molecule has 5 rings (SSSR count). The van der Waals surface area contributed by atoms with E-state index in [2.05, 4.69) is 20.2 Å². The van der Waals surface area contributed by atoms with Crippen LogP contribution in [0.3, 0.4) is 0 Å². The summed E-state index contributed by atoms with van der Waals surface area (Å²) in [6, 6.07) is 6.89. The minimum absolute atomic E-state index is 0. The van der Waals surface area contributed by atoms with Gasteiger partial charge in [-0.3, -0.25) is 4.57 Å². The van der Waals surface area contributed by atoms with Crippen LogP contribution < -0.4 is 25.8 Å². The molecule has 0 aliphatic heterocycles. The fraction of sp³-hybridized carbons (Fsp3) is 0.560. The van der Waals surface area contributed by atoms with E-state index in [0.717, 1.165) is 72.7 Å². The molecule has 1 aromatic carbocycles. The van der Waals surface area contributed by atoms with Crippen LogP contribution in [0, 0.1) is 0 Å². The normalized spacial score (nSPS) is 19.9. The van der Waals surface area contributed by atoms with Crippen LogP contribution in [0.25, 0.3) is 11.2 Å². The number of rotatable bonds is 8. The van der Waals surface area contributed by atoms with Crippen LogP contribution in [0.5, 0.6) is 11.5 Å². The van der Waals surface area contributed by atoms with Gasteiger partial charge in [-0.2, -0.15) is 4.98 Å². The minimum atomic E-state index is 0. The molecule has 2 fully saturated rings. The van der Waals surface area contributed by atoms with Crippen molar-refractivity contribution < 1.29 is 9.47 Å². The van der Waals surface area contributed by atoms with Crippen LogP contribution in [0.4, 0.5) is 11.9 Å². The number of halogens is 2. The van der Waals surface area contributed by atoms with Gasteiger partial charge in [-0.25, -0.2) is 9.97 Å². The van der Waals surface area contributed by atoms with E-state index in [1.54, 1.807) is 14.2 Å². The Labute approximate surface area is 224 Å². The molecular formula is C25H37Cl2N7O2. The molecule has 0 radical (unpaired) electrons. The molecule has 2 heterocycles. The Balaban J connectivity index is 0.00000180. The van der Waals surface area contributed by atoms with Crippen LogP contribution >= 0.6 is 24.8 Å². The van der Waals surface area contributed by atoms with Crippen molar-refractivity contribution in [3.63, 3.8) is 0 Å². The van der Waals surface area contributed by atoms with Gasteiger partial charge in [0.15, 0.2) is 5.65 Å². The summed E-state index contributed by atoms with van der Waals surface area (Å²) in [6.07, 6.45) is 10.7. The summed E-state index contributed by atoms with van der Waals surface area (Å²) in [5.74, 6) is 3.05. The van der Waals surface area contributed by atoms with E-state index in [9.17, 15) is 0 Å². The average molecular weight is 539 g/mol. The molecule has 0 unspecified atom stereocenters. The van der Waals surface area contributed by atoms with Gasteiger partial charge in [0.25, 0.3) is 0 Å². The number of imidazole rings is 1. The van der Waals surface area contributed by atoms with Gasteiger partial charge in [0.2, 0.25) is 11.9 Å². The average Bonchev–Trinajstić information content (AvgIpc) is 3.51. The fourth-order valence-electron chi connectivity index (χ4n) is 5.31. The third kappa shape index (κ3) is 5.90. The smallest absolute Gasteiger partial charge is 0.224 e. The molecule has 0 atom stereocenters. The molecule has 2 aliphatic carbocycles. The monoisotopic (exact) mass is 537 g/mol. The Morgan fingerprint density at radius 1 is 0.972 bits per heavy atom. The summed E-state index contributed by atoms with van der Waals surface area (Å²) in [7, 11) is 3.35. The van der Waals surface area contributed by atoms with Gasteiger partial charge in [-0.05, 0) is 50.7 Å². The molecule has 2 aromatic heterocycles. The molecule has 0 spiro atoms. The third-order valence-corrected chi connectivity index (χ3v) is 7.18. The Hall–Kier alpha value is -2.49. The van der Waals surface area contributed by atoms with E-state index in [-0.39, 0.29) is 24.8 Å². The highest BCUT2D eigenvalue weighted by Gasteiger charge is 2.25. The number of methoxy groups -OCH3 is 2. The highest BCUT2D eigenvalue weighted by Crippen LogP contribution is 2.36. The molecule has 36 heavy (non-hydrogen) atoms. The summed E-state index contributed by atoms with van der Waals surface area (Å²) in [6.45, 7) is 0.532. The second kappa shape index (κ2) is 12.7. The first kappa shape index (κ1) is 28.1. The Morgan fingerprint density at radius 2 is 1.64 bits per heavy atom. The standard InChI is InChI=1S/C25H35N7O2.2ClH/c1-33-21-8-5-9-22(34-2)19(21)14-28-25-30-20-15-27-24(29-17-12-10-16(26)11-13-17)31-23(20)32(25)18-6-3-4-7-18;;/h5,8-9,15-18H,3-4,6-7,10-14,26H2,1-2H3,(H,28,30)(H,27,29,31);2*1H. The van der Waals surface area contributed by atoms with Crippen LogP contribution in [-0.4, -0.2) is 45.8 Å². The lowest BCUT2D eigenvalue weighted by molar-refractivity contribution is 0.386. The fourth-order valence-corrected chi connectivity index (χ4v) is 5.31. The summed E-state index contributed by atoms with van der Waals surface area (Å²) in [5, 5.41) is 7.08. The summed E-state index contributed by atoms with van der Waals surface area (Å²) < 4.78 is 13.4. The number of ether oxygens (including phenoxy) is 2. The van der Waals surface area contributed by atoms with E-state index in [1.807, 2.05) is 24.4 Å². The summed E-state index contributed by atoms with van der Waals surface area (Å²) >= 11 is 0. The zero-order chi connectivity index (χ0) is 23.5. The van der Waals surface area contributed by atoms with Crippen molar-refractivity contribution >= 4 is 47.9 Å². The largest absolute Gasteiger partial charge is 0.496 e. The Morgan fingerprint density at radius 3 is 2.28 bits per heavy atom. The van der Waals surface area contributed by atoms with Gasteiger partial charge in [0, 0.05) is 18.1 Å². The molecule has 4 N–H and O–H groups in total. The molecule has 2 saturated carbocycles. The maximum atomic E-state index is 6.07. The number of hydrogen-bond acceptors (Lipinski definition) is 8. The van der Waals surface area contributed by atoms with Gasteiger partial charge < -0.3 is 25.8 Å². The number of nitrogens with one attached hydrogen (secondary N) is 2. The maximum Gasteiger partial charge on any atom is 0.224 e. The van der Waals surface area contributed by atoms with E-state index < -0.39 is 0 Å². The molecule has 0 bridgehead atoms. The van der Waals surface area contributed by atoms with Gasteiger partial charge in [-0.15, -0.1) is 24.8 Å². The lowest BCUT2D eigenvalue weighted by atomic mass is 9.92. The van der Waals surface area contributed by atoms with Crippen molar-refractivity contribution in [1.82, 2.24) is 19.5 Å². The van der Waals surface area contributed by atoms with Gasteiger partial charge in [0.1, 0.15) is 17.0 Å². The number of nitrogens with two attached hydrogens (primary N) is 1. The Bertz CT molecular complexity index is 1110. The van der Waals surface area contributed by atoms with E-state index in [4.69, 9.17) is 25.2 Å². The first-order valence-corrected chi connectivity index (χ1v) is 12.4. The zero-order valence-corrected chi connectivity index (χ0v) is 22.5. The third-order valence-electron chi connectivity index (χ3n) is 7.18. The highest BCUT2D eigenvalue weighted by atomic mass is 35.5. The number of anilines is 2. The quantitative estimate of drug-likeness (QED) is 0.364. The predicted octanol–water partition coefficient (Wildman–Crippen LogP) is 5.10. The summed E-state index contributed by atoms with van der Waals surface area (Å²) in [4.78, 5) is 14.4. The molecule has 11 heteroatoms. The second-order valence-corrected chi connectivity index (χ2v) is 9.40. The van der Waals surface area contributed by atoms with Crippen molar-refractivity contribution in [3.8, 4) is 11.5 Å². The number of hydrogen-bond donors (Lipinski definition) is 3. The van der Waals surface area contributed by atoms with E-state index in [0.29, 0.717) is 30.6 Å². The Kier molecular flexibility index (Phi) is 9.87. The summed E-state index contributed by atoms with van der Waals surface area (Å²) in [5.41, 5.74) is 8.71. The molecular weight excluding hydrogens is 501 g/mol. The van der Waals surface area contributed by atoms with Crippen LogP contribution in [0.1, 0.15) is 63.0 Å². The maximum absolute atomic E-state index is 6.07. The number of benzene rings is 1. The van der Waals surface area contributed by atoms with Gasteiger partial charge in [-0.1, -0.05) is 18.9 Å². The second-order valence-electron chi connectivity index (χ2n) is 9.40. The van der Waals surface area contributed by atoms with Crippen molar-refractivity contribution in [2.45, 2.75) is 76.0 Å². The van der Waals surface area contributed by atoms with Gasteiger partial charge in [0.05, 0.1) is 32.5 Å². The lowest BCUT2D eigenvalue weighted by Gasteiger charge is -2.26. The van der Waals surface area contributed by atoms with Gasteiger partial charge >= 0.3 is 0 Å². The van der Waals surface area contributed by atoms with Crippen LogP contribution in [0.2, 0.25) is 0 Å². The van der Waals surface area contributed by atoms with E-state index in [1.165, 1.54) is 12.8 Å². The first-order chi connectivity index (χ1) is 16.7.